The van der Waals surface area contributed by atoms with Crippen molar-refractivity contribution < 1.29 is 23.8 Å². The molecule has 0 unspecified atom stereocenters. The first-order chi connectivity index (χ1) is 12.1. The molecule has 25 heavy (non-hydrogen) atoms. The topological polar surface area (TPSA) is 86.2 Å². The summed E-state index contributed by atoms with van der Waals surface area (Å²) >= 11 is 0. The normalized spacial score (nSPS) is 10.3. The van der Waals surface area contributed by atoms with Gasteiger partial charge >= 0.3 is 5.97 Å². The van der Waals surface area contributed by atoms with Crippen molar-refractivity contribution >= 4 is 18.1 Å². The molecular weight excluding hydrogens is 324 g/mol. The summed E-state index contributed by atoms with van der Waals surface area (Å²) in [7, 11) is 2.86. The number of benzene rings is 2. The summed E-state index contributed by atoms with van der Waals surface area (Å²) in [5, 5.41) is 3.91. The summed E-state index contributed by atoms with van der Waals surface area (Å²) in [6, 6.07) is 13.6. The standard InChI is InChI=1S/C18H18N2O5/c1-23-15-9-5-14(6-10-15)18(22)20-19-11-13-3-7-16(8-4-13)25-12-17(21)24-2/h3-11H,12H2,1-2H3,(H,20,22). The van der Waals surface area contributed by atoms with Gasteiger partial charge < -0.3 is 14.2 Å². The van der Waals surface area contributed by atoms with Crippen LogP contribution in [0.5, 0.6) is 11.5 Å². The number of amides is 1. The van der Waals surface area contributed by atoms with Crippen LogP contribution in [0.3, 0.4) is 0 Å². The molecule has 0 heterocycles. The molecule has 130 valence electrons. The molecule has 0 aromatic heterocycles. The Labute approximate surface area is 145 Å². The molecule has 2 aromatic rings. The van der Waals surface area contributed by atoms with Crippen LogP contribution in [0.25, 0.3) is 0 Å². The first-order valence-electron chi connectivity index (χ1n) is 7.39. The number of carbonyl (C=O) groups is 2. The molecule has 0 fully saturated rings. The Morgan fingerprint density at radius 1 is 1.00 bits per heavy atom. The highest BCUT2D eigenvalue weighted by molar-refractivity contribution is 5.95. The van der Waals surface area contributed by atoms with Gasteiger partial charge in [0, 0.05) is 5.56 Å². The fourth-order valence-electron chi connectivity index (χ4n) is 1.82. The molecule has 0 aliphatic rings. The highest BCUT2D eigenvalue weighted by Gasteiger charge is 2.04. The molecule has 0 aliphatic heterocycles. The number of hydrogen-bond acceptors (Lipinski definition) is 6. The molecule has 7 heteroatoms. The molecule has 0 saturated heterocycles. The highest BCUT2D eigenvalue weighted by Crippen LogP contribution is 2.12. The van der Waals surface area contributed by atoms with Gasteiger partial charge in [0.2, 0.25) is 0 Å². The van der Waals surface area contributed by atoms with Crippen molar-refractivity contribution in [2.75, 3.05) is 20.8 Å². The van der Waals surface area contributed by atoms with E-state index in [1.807, 2.05) is 0 Å². The summed E-state index contributed by atoms with van der Waals surface area (Å²) in [4.78, 5) is 22.9. The zero-order valence-corrected chi connectivity index (χ0v) is 13.9. The quantitative estimate of drug-likeness (QED) is 0.472. The number of hydrogen-bond donors (Lipinski definition) is 1. The maximum atomic E-state index is 11.9. The van der Waals surface area contributed by atoms with Crippen molar-refractivity contribution in [1.82, 2.24) is 5.43 Å². The maximum absolute atomic E-state index is 11.9. The van der Waals surface area contributed by atoms with E-state index in [4.69, 9.17) is 9.47 Å². The maximum Gasteiger partial charge on any atom is 0.343 e. The van der Waals surface area contributed by atoms with Gasteiger partial charge in [-0.3, -0.25) is 4.79 Å². The molecule has 1 N–H and O–H groups in total. The number of ether oxygens (including phenoxy) is 3. The van der Waals surface area contributed by atoms with Crippen LogP contribution < -0.4 is 14.9 Å². The minimum atomic E-state index is -0.452. The van der Waals surface area contributed by atoms with Gasteiger partial charge in [-0.1, -0.05) is 0 Å². The molecule has 0 aliphatic carbocycles. The zero-order chi connectivity index (χ0) is 18.1. The Morgan fingerprint density at radius 2 is 1.64 bits per heavy atom. The number of esters is 1. The van der Waals surface area contributed by atoms with Gasteiger partial charge in [0.15, 0.2) is 6.61 Å². The lowest BCUT2D eigenvalue weighted by atomic mass is 10.2. The minimum absolute atomic E-state index is 0.151. The van der Waals surface area contributed by atoms with Crippen LogP contribution in [0.2, 0.25) is 0 Å². The van der Waals surface area contributed by atoms with Gasteiger partial charge in [0.25, 0.3) is 5.91 Å². The Balaban J connectivity index is 1.86. The molecule has 0 bridgehead atoms. The van der Waals surface area contributed by atoms with Crippen molar-refractivity contribution in [3.8, 4) is 11.5 Å². The van der Waals surface area contributed by atoms with Crippen molar-refractivity contribution in [1.29, 1.82) is 0 Å². The van der Waals surface area contributed by atoms with E-state index in [9.17, 15) is 9.59 Å². The van der Waals surface area contributed by atoms with E-state index in [2.05, 4.69) is 15.3 Å². The lowest BCUT2D eigenvalue weighted by Crippen LogP contribution is -2.17. The summed E-state index contributed by atoms with van der Waals surface area (Å²) < 4.78 is 14.8. The number of hydrazone groups is 1. The van der Waals surface area contributed by atoms with Crippen molar-refractivity contribution in [2.45, 2.75) is 0 Å². The Bertz CT molecular complexity index is 739. The molecule has 0 saturated carbocycles. The van der Waals surface area contributed by atoms with Crippen LogP contribution in [0.15, 0.2) is 53.6 Å². The van der Waals surface area contributed by atoms with Gasteiger partial charge in [0.1, 0.15) is 11.5 Å². The third-order valence-electron chi connectivity index (χ3n) is 3.20. The number of nitrogens with zero attached hydrogens (tertiary/aromatic N) is 1. The van der Waals surface area contributed by atoms with E-state index < -0.39 is 5.97 Å². The van der Waals surface area contributed by atoms with Crippen LogP contribution in [-0.4, -0.2) is 38.9 Å². The molecule has 0 spiro atoms. The summed E-state index contributed by atoms with van der Waals surface area (Å²) in [5.41, 5.74) is 3.69. The molecular formula is C18H18N2O5. The summed E-state index contributed by atoms with van der Waals surface area (Å²) in [6.45, 7) is -0.151. The second-order valence-electron chi connectivity index (χ2n) is 4.86. The van der Waals surface area contributed by atoms with E-state index in [0.29, 0.717) is 17.1 Å². The van der Waals surface area contributed by atoms with Crippen molar-refractivity contribution in [2.24, 2.45) is 5.10 Å². The summed E-state index contributed by atoms with van der Waals surface area (Å²) in [5.74, 6) is 0.434. The monoisotopic (exact) mass is 342 g/mol. The van der Waals surface area contributed by atoms with Gasteiger partial charge in [0.05, 0.1) is 20.4 Å². The van der Waals surface area contributed by atoms with E-state index in [0.717, 1.165) is 5.56 Å². The van der Waals surface area contributed by atoms with E-state index in [-0.39, 0.29) is 12.5 Å². The van der Waals surface area contributed by atoms with Crippen LogP contribution >= 0.6 is 0 Å². The number of methoxy groups -OCH3 is 2. The van der Waals surface area contributed by atoms with Crippen molar-refractivity contribution in [3.05, 3.63) is 59.7 Å². The second kappa shape index (κ2) is 9.07. The van der Waals surface area contributed by atoms with Gasteiger partial charge in [-0.2, -0.15) is 5.10 Å². The second-order valence-corrected chi connectivity index (χ2v) is 4.86. The average molecular weight is 342 g/mol. The van der Waals surface area contributed by atoms with Crippen LogP contribution in [-0.2, 0) is 9.53 Å². The zero-order valence-electron chi connectivity index (χ0n) is 13.9. The fourth-order valence-corrected chi connectivity index (χ4v) is 1.82. The average Bonchev–Trinajstić information content (AvgIpc) is 2.67. The molecule has 0 radical (unpaired) electrons. The first-order valence-corrected chi connectivity index (χ1v) is 7.39. The molecule has 7 nitrogen and oxygen atoms in total. The van der Waals surface area contributed by atoms with E-state index >= 15 is 0 Å². The Morgan fingerprint density at radius 3 is 2.24 bits per heavy atom. The highest BCUT2D eigenvalue weighted by atomic mass is 16.6. The predicted octanol–water partition coefficient (Wildman–Crippen LogP) is 2.01. The number of rotatable bonds is 7. The predicted molar refractivity (Wildman–Crippen MR) is 92.0 cm³/mol. The largest absolute Gasteiger partial charge is 0.497 e. The first kappa shape index (κ1) is 18.0. The third kappa shape index (κ3) is 5.65. The number of carbonyl (C=O) groups excluding carboxylic acids is 2. The van der Waals surface area contributed by atoms with Crippen LogP contribution in [0.1, 0.15) is 15.9 Å². The lowest BCUT2D eigenvalue weighted by Gasteiger charge is -2.04. The molecule has 2 rings (SSSR count). The minimum Gasteiger partial charge on any atom is -0.497 e. The van der Waals surface area contributed by atoms with E-state index in [1.54, 1.807) is 55.6 Å². The van der Waals surface area contributed by atoms with Crippen molar-refractivity contribution in [3.63, 3.8) is 0 Å². The lowest BCUT2D eigenvalue weighted by molar-refractivity contribution is -0.142. The smallest absolute Gasteiger partial charge is 0.343 e. The van der Waals surface area contributed by atoms with Gasteiger partial charge in [-0.15, -0.1) is 0 Å². The Hall–Kier alpha value is -3.35. The molecule has 1 amide bonds. The number of nitrogens with one attached hydrogen (secondary N) is 1. The van der Waals surface area contributed by atoms with Gasteiger partial charge in [-0.05, 0) is 54.1 Å². The van der Waals surface area contributed by atoms with Crippen LogP contribution in [0, 0.1) is 0 Å². The third-order valence-corrected chi connectivity index (χ3v) is 3.20. The van der Waals surface area contributed by atoms with E-state index in [1.165, 1.54) is 13.3 Å². The SMILES string of the molecule is COC(=O)COc1ccc(C=NNC(=O)c2ccc(OC)cc2)cc1. The fraction of sp³-hybridized carbons (Fsp3) is 0.167. The molecule has 0 atom stereocenters. The van der Waals surface area contributed by atoms with Crippen LogP contribution in [0.4, 0.5) is 0 Å². The van der Waals surface area contributed by atoms with Gasteiger partial charge in [-0.25, -0.2) is 10.2 Å². The molecule has 2 aromatic carbocycles. The Kier molecular flexibility index (Phi) is 6.53. The summed E-state index contributed by atoms with van der Waals surface area (Å²) in [6.07, 6.45) is 1.51.